The zero-order valence-corrected chi connectivity index (χ0v) is 12.9. The summed E-state index contributed by atoms with van der Waals surface area (Å²) in [6, 6.07) is 6.13. The number of benzene rings is 1. The van der Waals surface area contributed by atoms with E-state index in [2.05, 4.69) is 21.5 Å². The number of carbonyl (C=O) groups excluding carboxylic acids is 1. The first-order valence-electron chi connectivity index (χ1n) is 7.60. The topological polar surface area (TPSA) is 45.2 Å². The van der Waals surface area contributed by atoms with E-state index in [-0.39, 0.29) is 5.91 Å². The van der Waals surface area contributed by atoms with Crippen molar-refractivity contribution in [1.29, 1.82) is 0 Å². The normalized spacial score (nSPS) is 28.0. The number of fused-ring (bicyclic) bond motifs is 4. The van der Waals surface area contributed by atoms with Crippen molar-refractivity contribution in [2.24, 2.45) is 5.92 Å². The largest absolute Gasteiger partial charge is 0.348 e. The molecule has 4 heterocycles. The monoisotopic (exact) mass is 301 g/mol. The molecule has 21 heavy (non-hydrogen) atoms. The Labute approximate surface area is 128 Å². The molecule has 3 aliphatic rings. The van der Waals surface area contributed by atoms with Gasteiger partial charge in [0, 0.05) is 28.4 Å². The van der Waals surface area contributed by atoms with Gasteiger partial charge >= 0.3 is 0 Å². The third kappa shape index (κ3) is 2.34. The van der Waals surface area contributed by atoms with Crippen LogP contribution in [0.2, 0.25) is 0 Å². The highest BCUT2D eigenvalue weighted by Gasteiger charge is 2.34. The predicted molar refractivity (Wildman–Crippen MR) is 84.8 cm³/mol. The number of rotatable bonds is 2. The molecular formula is C16H19N3OS. The maximum Gasteiger partial charge on any atom is 0.251 e. The van der Waals surface area contributed by atoms with Crippen molar-refractivity contribution in [1.82, 2.24) is 14.6 Å². The number of nitrogens with one attached hydrogen (secondary N) is 1. The van der Waals surface area contributed by atoms with E-state index in [1.807, 2.05) is 18.2 Å². The predicted octanol–water partition coefficient (Wildman–Crippen LogP) is 2.43. The Morgan fingerprint density at radius 3 is 2.90 bits per heavy atom. The molecule has 3 fully saturated rings. The Kier molecular flexibility index (Phi) is 3.19. The first-order valence-corrected chi connectivity index (χ1v) is 8.37. The first kappa shape index (κ1) is 13.2. The summed E-state index contributed by atoms with van der Waals surface area (Å²) in [6.45, 7) is 5.46. The van der Waals surface area contributed by atoms with Crippen LogP contribution in [0.5, 0.6) is 0 Å². The second-order valence-electron chi connectivity index (χ2n) is 6.19. The smallest absolute Gasteiger partial charge is 0.251 e. The Hall–Kier alpha value is -1.46. The van der Waals surface area contributed by atoms with Crippen molar-refractivity contribution in [2.45, 2.75) is 25.8 Å². The van der Waals surface area contributed by atoms with E-state index in [4.69, 9.17) is 0 Å². The fourth-order valence-electron chi connectivity index (χ4n) is 3.59. The number of nitrogens with zero attached hydrogens (tertiary/aromatic N) is 2. The lowest BCUT2D eigenvalue weighted by Crippen LogP contribution is -2.57. The highest BCUT2D eigenvalue weighted by molar-refractivity contribution is 7.07. The van der Waals surface area contributed by atoms with Gasteiger partial charge in [0.2, 0.25) is 0 Å². The molecule has 0 saturated carbocycles. The number of aryl methyl sites for hydroxylation is 1. The number of hydrogen-bond acceptors (Lipinski definition) is 4. The lowest BCUT2D eigenvalue weighted by atomic mass is 9.84. The fraction of sp³-hybridized carbons (Fsp3) is 0.500. The van der Waals surface area contributed by atoms with Crippen molar-refractivity contribution in [2.75, 3.05) is 19.6 Å². The highest BCUT2D eigenvalue weighted by Crippen LogP contribution is 2.28. The number of carbonyl (C=O) groups is 1. The molecular weight excluding hydrogens is 282 g/mol. The fourth-order valence-corrected chi connectivity index (χ4v) is 4.24. The maximum atomic E-state index is 12.5. The van der Waals surface area contributed by atoms with Crippen LogP contribution in [0.15, 0.2) is 18.2 Å². The summed E-state index contributed by atoms with van der Waals surface area (Å²) in [5, 5.41) is 4.34. The zero-order chi connectivity index (χ0) is 14.4. The standard InChI is InChI=1S/C16H19N3OS/c1-10-13-8-12(2-3-14(13)18-21-10)16(20)17-15-9-19-6-4-11(15)5-7-19/h2-3,8,11,15H,4-7,9H2,1H3,(H,17,20)/t15-/m0/s1. The van der Waals surface area contributed by atoms with Crippen LogP contribution in [0.4, 0.5) is 0 Å². The Morgan fingerprint density at radius 2 is 2.19 bits per heavy atom. The van der Waals surface area contributed by atoms with Crippen molar-refractivity contribution in [3.63, 3.8) is 0 Å². The molecule has 0 unspecified atom stereocenters. The molecule has 5 rings (SSSR count). The summed E-state index contributed by atoms with van der Waals surface area (Å²) in [4.78, 5) is 16.1. The minimum Gasteiger partial charge on any atom is -0.348 e. The van der Waals surface area contributed by atoms with Crippen LogP contribution in [0.25, 0.3) is 10.9 Å². The average Bonchev–Trinajstić information content (AvgIpc) is 2.89. The minimum atomic E-state index is 0.0567. The molecule has 0 spiro atoms. The van der Waals surface area contributed by atoms with Crippen LogP contribution in [0.3, 0.4) is 0 Å². The lowest BCUT2D eigenvalue weighted by Gasteiger charge is -2.44. The molecule has 2 bridgehead atoms. The second kappa shape index (κ2) is 5.07. The van der Waals surface area contributed by atoms with Gasteiger partial charge in [-0.1, -0.05) is 0 Å². The summed E-state index contributed by atoms with van der Waals surface area (Å²) >= 11 is 1.50. The summed E-state index contributed by atoms with van der Waals surface area (Å²) < 4.78 is 4.37. The van der Waals surface area contributed by atoms with Crippen LogP contribution in [0.1, 0.15) is 28.1 Å². The molecule has 1 aromatic heterocycles. The van der Waals surface area contributed by atoms with Gasteiger partial charge in [0.05, 0.1) is 5.52 Å². The summed E-state index contributed by atoms with van der Waals surface area (Å²) in [5.41, 5.74) is 1.74. The lowest BCUT2D eigenvalue weighted by molar-refractivity contribution is 0.0620. The van der Waals surface area contributed by atoms with Crippen LogP contribution in [-0.4, -0.2) is 40.9 Å². The molecule has 1 atom stereocenters. The van der Waals surface area contributed by atoms with Crippen molar-refractivity contribution >= 4 is 28.3 Å². The molecule has 3 saturated heterocycles. The molecule has 0 radical (unpaired) electrons. The average molecular weight is 301 g/mol. The van der Waals surface area contributed by atoms with E-state index in [9.17, 15) is 4.79 Å². The van der Waals surface area contributed by atoms with Crippen LogP contribution >= 0.6 is 11.5 Å². The van der Waals surface area contributed by atoms with E-state index in [0.717, 1.165) is 23.0 Å². The van der Waals surface area contributed by atoms with Gasteiger partial charge in [0.1, 0.15) is 0 Å². The summed E-state index contributed by atoms with van der Waals surface area (Å²) in [5.74, 6) is 0.716. The molecule has 0 aliphatic carbocycles. The van der Waals surface area contributed by atoms with E-state index >= 15 is 0 Å². The van der Waals surface area contributed by atoms with Gasteiger partial charge in [-0.3, -0.25) is 4.79 Å². The molecule has 2 aromatic rings. The Bertz CT molecular complexity index is 688. The van der Waals surface area contributed by atoms with Gasteiger partial charge < -0.3 is 10.2 Å². The number of aromatic nitrogens is 1. The van der Waals surface area contributed by atoms with Crippen molar-refractivity contribution < 1.29 is 4.79 Å². The molecule has 110 valence electrons. The third-order valence-corrected chi connectivity index (χ3v) is 5.67. The van der Waals surface area contributed by atoms with Crippen LogP contribution in [0, 0.1) is 12.8 Å². The SMILES string of the molecule is Cc1snc2ccc(C(=O)N[C@H]3CN4CCC3CC4)cc12. The van der Waals surface area contributed by atoms with Gasteiger partial charge in [0.15, 0.2) is 0 Å². The van der Waals surface area contributed by atoms with Gasteiger partial charge in [0.25, 0.3) is 5.91 Å². The highest BCUT2D eigenvalue weighted by atomic mass is 32.1. The van der Waals surface area contributed by atoms with Crippen molar-refractivity contribution in [3.8, 4) is 0 Å². The number of amides is 1. The number of piperidine rings is 3. The minimum absolute atomic E-state index is 0.0567. The van der Waals surface area contributed by atoms with Gasteiger partial charge in [-0.2, -0.15) is 4.37 Å². The van der Waals surface area contributed by atoms with E-state index < -0.39 is 0 Å². The first-order chi connectivity index (χ1) is 10.2. The second-order valence-corrected chi connectivity index (χ2v) is 7.17. The van der Waals surface area contributed by atoms with Gasteiger partial charge in [-0.25, -0.2) is 0 Å². The molecule has 1 N–H and O–H groups in total. The van der Waals surface area contributed by atoms with Crippen LogP contribution < -0.4 is 5.32 Å². The summed E-state index contributed by atoms with van der Waals surface area (Å²) in [7, 11) is 0. The third-order valence-electron chi connectivity index (χ3n) is 4.89. The molecule has 1 amide bonds. The molecule has 4 nitrogen and oxygen atoms in total. The quantitative estimate of drug-likeness (QED) is 0.926. The van der Waals surface area contributed by atoms with E-state index in [1.54, 1.807) is 0 Å². The van der Waals surface area contributed by atoms with Crippen LogP contribution in [-0.2, 0) is 0 Å². The number of hydrogen-bond donors (Lipinski definition) is 1. The van der Waals surface area contributed by atoms with Gasteiger partial charge in [-0.05, 0) is 68.5 Å². The van der Waals surface area contributed by atoms with E-state index in [1.165, 1.54) is 42.3 Å². The Balaban J connectivity index is 1.54. The Morgan fingerprint density at radius 1 is 1.38 bits per heavy atom. The zero-order valence-electron chi connectivity index (χ0n) is 12.1. The molecule has 1 aromatic carbocycles. The maximum absolute atomic E-state index is 12.5. The molecule has 3 aliphatic heterocycles. The molecule has 5 heteroatoms. The van der Waals surface area contributed by atoms with E-state index in [0.29, 0.717) is 12.0 Å². The summed E-state index contributed by atoms with van der Waals surface area (Å²) in [6.07, 6.45) is 2.44. The van der Waals surface area contributed by atoms with Gasteiger partial charge in [-0.15, -0.1) is 0 Å². The van der Waals surface area contributed by atoms with Crippen molar-refractivity contribution in [3.05, 3.63) is 28.6 Å².